The van der Waals surface area contributed by atoms with E-state index in [0.29, 0.717) is 6.42 Å². The number of carbonyl (C=O) groups excluding carboxylic acids is 1. The normalized spacial score (nSPS) is 20.1. The van der Waals surface area contributed by atoms with E-state index in [1.807, 2.05) is 24.3 Å². The number of rotatable bonds is 6. The summed E-state index contributed by atoms with van der Waals surface area (Å²) in [6.07, 6.45) is 2.52. The van der Waals surface area contributed by atoms with Crippen molar-refractivity contribution in [1.29, 1.82) is 0 Å². The number of hydrogen-bond acceptors (Lipinski definition) is 4. The molecule has 0 saturated carbocycles. The van der Waals surface area contributed by atoms with E-state index in [0.717, 1.165) is 18.5 Å². The molecule has 1 fully saturated rings. The third-order valence-corrected chi connectivity index (χ3v) is 5.34. The zero-order valence-corrected chi connectivity index (χ0v) is 13.1. The van der Waals surface area contributed by atoms with E-state index in [1.165, 1.54) is 5.56 Å². The van der Waals surface area contributed by atoms with Gasteiger partial charge in [-0.15, -0.1) is 0 Å². The second-order valence-electron chi connectivity index (χ2n) is 5.43. The number of benzene rings is 1. The lowest BCUT2D eigenvalue weighted by Gasteiger charge is -2.14. The van der Waals surface area contributed by atoms with Crippen molar-refractivity contribution >= 4 is 21.4 Å². The summed E-state index contributed by atoms with van der Waals surface area (Å²) in [4.78, 5) is 11.9. The highest BCUT2D eigenvalue weighted by atomic mass is 32.2. The molecule has 5 nitrogen and oxygen atoms in total. The molecular formula is C15H22N2O3S. The van der Waals surface area contributed by atoms with Crippen molar-refractivity contribution in [3.63, 3.8) is 0 Å². The van der Waals surface area contributed by atoms with Crippen LogP contribution in [0.5, 0.6) is 0 Å². The highest BCUT2D eigenvalue weighted by Crippen LogP contribution is 2.16. The van der Waals surface area contributed by atoms with Crippen LogP contribution in [0.25, 0.3) is 0 Å². The molecule has 1 heterocycles. The minimum atomic E-state index is -2.96. The van der Waals surface area contributed by atoms with Crippen molar-refractivity contribution in [3.8, 4) is 0 Å². The van der Waals surface area contributed by atoms with Gasteiger partial charge in [-0.25, -0.2) is 8.42 Å². The lowest BCUT2D eigenvalue weighted by Crippen LogP contribution is -2.39. The quantitative estimate of drug-likeness (QED) is 0.832. The Kier molecular flexibility index (Phi) is 5.22. The van der Waals surface area contributed by atoms with Crippen LogP contribution in [-0.4, -0.2) is 38.4 Å². The van der Waals surface area contributed by atoms with Crippen molar-refractivity contribution in [1.82, 2.24) is 5.32 Å². The zero-order chi connectivity index (χ0) is 15.3. The van der Waals surface area contributed by atoms with Crippen LogP contribution < -0.4 is 10.6 Å². The second-order valence-corrected chi connectivity index (χ2v) is 7.66. The Hall–Kier alpha value is -1.56. The van der Waals surface area contributed by atoms with Gasteiger partial charge in [-0.05, 0) is 24.5 Å². The van der Waals surface area contributed by atoms with Crippen molar-refractivity contribution in [2.45, 2.75) is 32.2 Å². The van der Waals surface area contributed by atoms with Gasteiger partial charge in [0.25, 0.3) is 0 Å². The van der Waals surface area contributed by atoms with Gasteiger partial charge in [-0.1, -0.05) is 31.5 Å². The monoisotopic (exact) mass is 310 g/mol. The van der Waals surface area contributed by atoms with E-state index in [-0.39, 0.29) is 30.0 Å². The summed E-state index contributed by atoms with van der Waals surface area (Å²) in [5.41, 5.74) is 2.16. The van der Waals surface area contributed by atoms with Gasteiger partial charge < -0.3 is 10.6 Å². The minimum Gasteiger partial charge on any atom is -0.376 e. The first kappa shape index (κ1) is 15.8. The SMILES string of the molecule is CCCc1ccccc1NCC(=O)N[C@@H]1CCS(=O)(=O)C1. The van der Waals surface area contributed by atoms with Crippen LogP contribution in [0, 0.1) is 0 Å². The molecule has 6 heteroatoms. The fourth-order valence-electron chi connectivity index (χ4n) is 2.54. The first-order valence-electron chi connectivity index (χ1n) is 7.32. The number of anilines is 1. The van der Waals surface area contributed by atoms with Crippen LogP contribution in [0.3, 0.4) is 0 Å². The van der Waals surface area contributed by atoms with E-state index in [9.17, 15) is 13.2 Å². The van der Waals surface area contributed by atoms with E-state index in [1.54, 1.807) is 0 Å². The first-order valence-corrected chi connectivity index (χ1v) is 9.14. The lowest BCUT2D eigenvalue weighted by molar-refractivity contribution is -0.119. The van der Waals surface area contributed by atoms with E-state index < -0.39 is 9.84 Å². The van der Waals surface area contributed by atoms with E-state index in [2.05, 4.69) is 17.6 Å². The Bertz CT molecular complexity index is 599. The molecule has 116 valence electrons. The molecule has 1 aliphatic rings. The molecule has 1 aliphatic heterocycles. The second kappa shape index (κ2) is 6.93. The highest BCUT2D eigenvalue weighted by Gasteiger charge is 2.28. The summed E-state index contributed by atoms with van der Waals surface area (Å²) in [6, 6.07) is 7.68. The number of sulfone groups is 1. The molecule has 1 saturated heterocycles. The molecule has 0 unspecified atom stereocenters. The summed E-state index contributed by atoms with van der Waals surface area (Å²) in [5, 5.41) is 5.91. The molecule has 1 aromatic carbocycles. The van der Waals surface area contributed by atoms with Crippen LogP contribution in [0.15, 0.2) is 24.3 Å². The Labute approximate surface area is 126 Å². The summed E-state index contributed by atoms with van der Waals surface area (Å²) in [7, 11) is -2.96. The lowest BCUT2D eigenvalue weighted by atomic mass is 10.1. The summed E-state index contributed by atoms with van der Waals surface area (Å²) < 4.78 is 22.7. The van der Waals surface area contributed by atoms with Gasteiger partial charge in [0, 0.05) is 11.7 Å². The molecule has 21 heavy (non-hydrogen) atoms. The Morgan fingerprint density at radius 3 is 2.76 bits per heavy atom. The largest absolute Gasteiger partial charge is 0.376 e. The smallest absolute Gasteiger partial charge is 0.239 e. The number of nitrogens with one attached hydrogen (secondary N) is 2. The Balaban J connectivity index is 1.84. The molecule has 0 aromatic heterocycles. The van der Waals surface area contributed by atoms with Gasteiger partial charge in [0.1, 0.15) is 0 Å². The maximum atomic E-state index is 11.9. The number of aryl methyl sites for hydroxylation is 1. The molecule has 1 amide bonds. The standard InChI is InChI=1S/C15H22N2O3S/c1-2-5-12-6-3-4-7-14(12)16-10-15(18)17-13-8-9-21(19,20)11-13/h3-4,6-7,13,16H,2,5,8-11H2,1H3,(H,17,18)/t13-/m1/s1. The molecule has 0 aliphatic carbocycles. The van der Waals surface area contributed by atoms with Gasteiger partial charge in [0.05, 0.1) is 18.1 Å². The maximum Gasteiger partial charge on any atom is 0.239 e. The van der Waals surface area contributed by atoms with Crippen LogP contribution in [0.4, 0.5) is 5.69 Å². The Morgan fingerprint density at radius 1 is 1.33 bits per heavy atom. The van der Waals surface area contributed by atoms with Gasteiger partial charge in [-0.3, -0.25) is 4.79 Å². The highest BCUT2D eigenvalue weighted by molar-refractivity contribution is 7.91. The summed E-state index contributed by atoms with van der Waals surface area (Å²) in [5.74, 6) is 0.0685. The molecule has 2 rings (SSSR count). The van der Waals surface area contributed by atoms with Crippen LogP contribution in [-0.2, 0) is 21.1 Å². The van der Waals surface area contributed by atoms with Gasteiger partial charge in [-0.2, -0.15) is 0 Å². The number of amides is 1. The van der Waals surface area contributed by atoms with Gasteiger partial charge in [0.2, 0.25) is 5.91 Å². The third-order valence-electron chi connectivity index (χ3n) is 3.57. The van der Waals surface area contributed by atoms with Crippen molar-refractivity contribution < 1.29 is 13.2 Å². The van der Waals surface area contributed by atoms with Crippen molar-refractivity contribution in [3.05, 3.63) is 29.8 Å². The molecule has 0 spiro atoms. The number of para-hydroxylation sites is 1. The van der Waals surface area contributed by atoms with Crippen LogP contribution >= 0.6 is 0 Å². The first-order chi connectivity index (χ1) is 10.00. The van der Waals surface area contributed by atoms with Gasteiger partial charge in [0.15, 0.2) is 9.84 Å². The van der Waals surface area contributed by atoms with Crippen molar-refractivity contribution in [2.75, 3.05) is 23.4 Å². The average molecular weight is 310 g/mol. The van der Waals surface area contributed by atoms with Crippen LogP contribution in [0.2, 0.25) is 0 Å². The Morgan fingerprint density at radius 2 is 2.10 bits per heavy atom. The minimum absolute atomic E-state index is 0.0607. The fourth-order valence-corrected chi connectivity index (χ4v) is 4.22. The average Bonchev–Trinajstić information content (AvgIpc) is 2.77. The summed E-state index contributed by atoms with van der Waals surface area (Å²) >= 11 is 0. The third kappa shape index (κ3) is 4.74. The van der Waals surface area contributed by atoms with Crippen molar-refractivity contribution in [2.24, 2.45) is 0 Å². The molecule has 1 atom stereocenters. The van der Waals surface area contributed by atoms with Gasteiger partial charge >= 0.3 is 0 Å². The van der Waals surface area contributed by atoms with Crippen LogP contribution in [0.1, 0.15) is 25.3 Å². The maximum absolute atomic E-state index is 11.9. The molecule has 0 bridgehead atoms. The molecule has 1 aromatic rings. The van der Waals surface area contributed by atoms with E-state index >= 15 is 0 Å². The fraction of sp³-hybridized carbons (Fsp3) is 0.533. The summed E-state index contributed by atoms with van der Waals surface area (Å²) in [6.45, 7) is 2.28. The van der Waals surface area contributed by atoms with E-state index in [4.69, 9.17) is 0 Å². The number of carbonyl (C=O) groups is 1. The zero-order valence-electron chi connectivity index (χ0n) is 12.3. The molecule has 2 N–H and O–H groups in total. The molecular weight excluding hydrogens is 288 g/mol. The number of hydrogen-bond donors (Lipinski definition) is 2. The predicted molar refractivity (Wildman–Crippen MR) is 84.1 cm³/mol. The molecule has 0 radical (unpaired) electrons. The topological polar surface area (TPSA) is 75.3 Å². The predicted octanol–water partition coefficient (Wildman–Crippen LogP) is 1.35.